The number of carbonyl (C=O) groups excluding carboxylic acids is 1. The second-order valence-corrected chi connectivity index (χ2v) is 5.79. The summed E-state index contributed by atoms with van der Waals surface area (Å²) in [5.74, 6) is 0.451. The van der Waals surface area contributed by atoms with Crippen molar-refractivity contribution in [2.45, 2.75) is 50.6 Å². The van der Waals surface area contributed by atoms with Crippen molar-refractivity contribution in [3.8, 4) is 0 Å². The number of hydrogen-bond donors (Lipinski definition) is 1. The highest BCUT2D eigenvalue weighted by Gasteiger charge is 2.44. The molecule has 2 bridgehead atoms. The van der Waals surface area contributed by atoms with Crippen molar-refractivity contribution < 1.29 is 9.18 Å². The molecule has 3 rings (SSSR count). The molecule has 0 radical (unpaired) electrons. The van der Waals surface area contributed by atoms with Gasteiger partial charge in [0.25, 0.3) is 0 Å². The molecule has 2 heterocycles. The minimum Gasteiger partial charge on any atom is -0.310 e. The molecule has 0 unspecified atom stereocenters. The predicted octanol–water partition coefficient (Wildman–Crippen LogP) is 3.03. The summed E-state index contributed by atoms with van der Waals surface area (Å²) < 4.78 is 13.1. The van der Waals surface area contributed by atoms with E-state index in [0.29, 0.717) is 24.3 Å². The van der Waals surface area contributed by atoms with Gasteiger partial charge in [0.2, 0.25) is 0 Å². The molecule has 102 valence electrons. The van der Waals surface area contributed by atoms with Crippen molar-refractivity contribution in [1.82, 2.24) is 5.32 Å². The van der Waals surface area contributed by atoms with Gasteiger partial charge in [0.05, 0.1) is 0 Å². The van der Waals surface area contributed by atoms with E-state index in [1.54, 1.807) is 0 Å². The Hall–Kier alpha value is -1.22. The third-order valence-electron chi connectivity index (χ3n) is 4.70. The summed E-state index contributed by atoms with van der Waals surface area (Å²) in [5, 5.41) is 3.57. The third kappa shape index (κ3) is 2.32. The number of ketones is 1. The molecule has 3 heteroatoms. The van der Waals surface area contributed by atoms with Gasteiger partial charge < -0.3 is 5.32 Å². The van der Waals surface area contributed by atoms with Crippen molar-refractivity contribution in [1.29, 1.82) is 0 Å². The molecule has 2 nitrogen and oxygen atoms in total. The molecular weight excluding hydrogens is 241 g/mol. The fourth-order valence-electron chi connectivity index (χ4n) is 3.79. The lowest BCUT2D eigenvalue weighted by atomic mass is 9.74. The molecular formula is C16H20FNO. The number of hydrogen-bond acceptors (Lipinski definition) is 2. The van der Waals surface area contributed by atoms with Crippen LogP contribution in [0.15, 0.2) is 24.3 Å². The zero-order valence-electron chi connectivity index (χ0n) is 11.2. The summed E-state index contributed by atoms with van der Waals surface area (Å²) in [6, 6.07) is 7.56. The van der Waals surface area contributed by atoms with Crippen LogP contribution in [0.5, 0.6) is 0 Å². The first kappa shape index (κ1) is 12.8. The molecule has 1 aromatic carbocycles. The third-order valence-corrected chi connectivity index (χ3v) is 4.70. The maximum absolute atomic E-state index is 13.1. The number of carbonyl (C=O) groups is 1. The van der Waals surface area contributed by atoms with E-state index >= 15 is 0 Å². The summed E-state index contributed by atoms with van der Waals surface area (Å²) in [6.45, 7) is 1.94. The second kappa shape index (κ2) is 5.04. The summed E-state index contributed by atoms with van der Waals surface area (Å²) in [4.78, 5) is 12.3. The second-order valence-electron chi connectivity index (χ2n) is 5.79. The predicted molar refractivity (Wildman–Crippen MR) is 72.5 cm³/mol. The van der Waals surface area contributed by atoms with Crippen LogP contribution >= 0.6 is 0 Å². The van der Waals surface area contributed by atoms with Crippen LogP contribution in [0.2, 0.25) is 0 Å². The summed E-state index contributed by atoms with van der Waals surface area (Å²) in [5.41, 5.74) is 1.12. The number of nitrogens with one attached hydrogen (secondary N) is 1. The molecule has 2 saturated heterocycles. The van der Waals surface area contributed by atoms with Crippen LogP contribution in [0, 0.1) is 11.7 Å². The normalized spacial score (nSPS) is 33.4. The number of Topliss-reactive ketones (excluding diaryl/α,β-unsaturated/α-hetero) is 1. The Balaban J connectivity index is 1.92. The fraction of sp³-hybridized carbons (Fsp3) is 0.562. The quantitative estimate of drug-likeness (QED) is 0.906. The van der Waals surface area contributed by atoms with Gasteiger partial charge in [0.1, 0.15) is 11.6 Å². The van der Waals surface area contributed by atoms with E-state index in [1.807, 2.05) is 19.1 Å². The Morgan fingerprint density at radius 1 is 1.32 bits per heavy atom. The zero-order valence-corrected chi connectivity index (χ0v) is 11.2. The molecule has 2 aliphatic rings. The van der Waals surface area contributed by atoms with Crippen LogP contribution in [0.1, 0.15) is 44.1 Å². The highest BCUT2D eigenvalue weighted by Crippen LogP contribution is 2.42. The van der Waals surface area contributed by atoms with Crippen LogP contribution < -0.4 is 5.32 Å². The largest absolute Gasteiger partial charge is 0.310 e. The van der Waals surface area contributed by atoms with Crippen LogP contribution in [-0.4, -0.2) is 17.9 Å². The molecule has 0 aliphatic carbocycles. The average Bonchev–Trinajstić information content (AvgIpc) is 2.80. The first-order valence-corrected chi connectivity index (χ1v) is 7.23. The van der Waals surface area contributed by atoms with Crippen LogP contribution in [0.4, 0.5) is 4.39 Å². The lowest BCUT2D eigenvalue weighted by Gasteiger charge is -2.37. The van der Waals surface area contributed by atoms with Gasteiger partial charge in [-0.1, -0.05) is 19.1 Å². The van der Waals surface area contributed by atoms with E-state index in [4.69, 9.17) is 0 Å². The van der Waals surface area contributed by atoms with E-state index in [0.717, 1.165) is 24.8 Å². The Morgan fingerprint density at radius 3 is 2.74 bits per heavy atom. The molecule has 0 amide bonds. The highest BCUT2D eigenvalue weighted by atomic mass is 19.1. The smallest absolute Gasteiger partial charge is 0.137 e. The van der Waals surface area contributed by atoms with Crippen molar-refractivity contribution in [2.24, 2.45) is 5.92 Å². The van der Waals surface area contributed by atoms with Crippen LogP contribution in [0.25, 0.3) is 0 Å². The van der Waals surface area contributed by atoms with Crippen molar-refractivity contribution in [3.63, 3.8) is 0 Å². The van der Waals surface area contributed by atoms with E-state index in [9.17, 15) is 9.18 Å². The first-order chi connectivity index (χ1) is 9.19. The van der Waals surface area contributed by atoms with Crippen molar-refractivity contribution >= 4 is 5.78 Å². The van der Waals surface area contributed by atoms with Crippen molar-refractivity contribution in [3.05, 3.63) is 35.6 Å². The maximum atomic E-state index is 13.1. The summed E-state index contributed by atoms with van der Waals surface area (Å²) in [7, 11) is 0. The topological polar surface area (TPSA) is 29.1 Å². The Morgan fingerprint density at radius 2 is 2.05 bits per heavy atom. The lowest BCUT2D eigenvalue weighted by Crippen LogP contribution is -2.47. The number of halogens is 1. The van der Waals surface area contributed by atoms with Crippen LogP contribution in [-0.2, 0) is 4.79 Å². The Kier molecular flexibility index (Phi) is 3.40. The molecule has 0 aromatic heterocycles. The van der Waals surface area contributed by atoms with Crippen LogP contribution in [0.3, 0.4) is 0 Å². The van der Waals surface area contributed by atoms with Gasteiger partial charge in [0, 0.05) is 24.4 Å². The Bertz CT molecular complexity index is 470. The highest BCUT2D eigenvalue weighted by molar-refractivity contribution is 5.82. The lowest BCUT2D eigenvalue weighted by molar-refractivity contribution is -0.124. The monoisotopic (exact) mass is 261 g/mol. The fourth-order valence-corrected chi connectivity index (χ4v) is 3.79. The standard InChI is InChI=1S/C16H20FNO/c1-2-15(19)16-13(9-12-7-8-14(16)18-12)10-3-5-11(17)6-4-10/h3-6,12-14,16,18H,2,7-9H2,1H3/t12-,13-,14+,16-/m0/s1. The van der Waals surface area contributed by atoms with Gasteiger partial charge in [-0.05, 0) is 42.9 Å². The van der Waals surface area contributed by atoms with Gasteiger partial charge in [-0.25, -0.2) is 4.39 Å². The molecule has 0 saturated carbocycles. The molecule has 2 fully saturated rings. The zero-order chi connectivity index (χ0) is 13.4. The maximum Gasteiger partial charge on any atom is 0.137 e. The molecule has 19 heavy (non-hydrogen) atoms. The van der Waals surface area contributed by atoms with Gasteiger partial charge >= 0.3 is 0 Å². The van der Waals surface area contributed by atoms with Gasteiger partial charge in [-0.2, -0.15) is 0 Å². The molecule has 4 atom stereocenters. The van der Waals surface area contributed by atoms with Gasteiger partial charge in [0.15, 0.2) is 0 Å². The molecule has 1 N–H and O–H groups in total. The van der Waals surface area contributed by atoms with Gasteiger partial charge in [-0.3, -0.25) is 4.79 Å². The van der Waals surface area contributed by atoms with E-state index in [2.05, 4.69) is 5.32 Å². The summed E-state index contributed by atoms with van der Waals surface area (Å²) in [6.07, 6.45) is 3.85. The van der Waals surface area contributed by atoms with E-state index in [-0.39, 0.29) is 17.7 Å². The number of benzene rings is 1. The molecule has 0 spiro atoms. The van der Waals surface area contributed by atoms with E-state index < -0.39 is 0 Å². The molecule has 2 aliphatic heterocycles. The summed E-state index contributed by atoms with van der Waals surface area (Å²) >= 11 is 0. The van der Waals surface area contributed by atoms with Crippen molar-refractivity contribution in [2.75, 3.05) is 0 Å². The first-order valence-electron chi connectivity index (χ1n) is 7.23. The molecule has 1 aromatic rings. The number of fused-ring (bicyclic) bond motifs is 2. The SMILES string of the molecule is CCC(=O)[C@@H]1[C@H]2CC[C@@H](C[C@H]1c1ccc(F)cc1)N2. The minimum absolute atomic E-state index is 0.0641. The number of piperidine rings is 1. The average molecular weight is 261 g/mol. The van der Waals surface area contributed by atoms with Gasteiger partial charge in [-0.15, -0.1) is 0 Å². The minimum atomic E-state index is -0.209. The van der Waals surface area contributed by atoms with E-state index in [1.165, 1.54) is 12.1 Å². The Labute approximate surface area is 113 Å². The number of rotatable bonds is 3.